The lowest BCUT2D eigenvalue weighted by Gasteiger charge is -2.14. The molecule has 0 saturated heterocycles. The highest BCUT2D eigenvalue weighted by atomic mass is 35.5. The summed E-state index contributed by atoms with van der Waals surface area (Å²) in [6.45, 7) is 2.00. The van der Waals surface area contributed by atoms with Crippen LogP contribution in [0.25, 0.3) is 0 Å². The topological polar surface area (TPSA) is 47.8 Å². The quantitative estimate of drug-likeness (QED) is 0.815. The predicted molar refractivity (Wildman–Crippen MR) is 60.7 cm³/mol. The molecular weight excluding hydrogens is 234 g/mol. The molecule has 2 unspecified atom stereocenters. The van der Waals surface area contributed by atoms with E-state index in [0.717, 1.165) is 18.7 Å². The molecule has 1 aromatic heterocycles. The van der Waals surface area contributed by atoms with Crippen LogP contribution in [0, 0.1) is 0 Å². The molecule has 2 rings (SSSR count). The lowest BCUT2D eigenvalue weighted by atomic mass is 10.3. The lowest BCUT2D eigenvalue weighted by Crippen LogP contribution is -2.15. The first kappa shape index (κ1) is 11.1. The molecule has 2 atom stereocenters. The monoisotopic (exact) mass is 247 g/mol. The van der Waals surface area contributed by atoms with Crippen LogP contribution < -0.4 is 0 Å². The second-order valence-corrected chi connectivity index (χ2v) is 5.88. The Morgan fingerprint density at radius 3 is 2.80 bits per heavy atom. The number of hydrogen-bond acceptors (Lipinski definition) is 3. The molecule has 6 heteroatoms. The molecule has 15 heavy (non-hydrogen) atoms. The van der Waals surface area contributed by atoms with Crippen LogP contribution in [0.4, 0.5) is 0 Å². The van der Waals surface area contributed by atoms with Crippen LogP contribution in [0.15, 0.2) is 0 Å². The minimum atomic E-state index is -0.825. The summed E-state index contributed by atoms with van der Waals surface area (Å²) in [4.78, 5) is 0. The summed E-state index contributed by atoms with van der Waals surface area (Å²) in [6.07, 6.45) is 4.03. The molecule has 0 amide bonds. The van der Waals surface area contributed by atoms with Gasteiger partial charge in [0.05, 0.1) is 0 Å². The summed E-state index contributed by atoms with van der Waals surface area (Å²) in [5.41, 5.74) is 0. The lowest BCUT2D eigenvalue weighted by molar-refractivity contribution is 0.569. The maximum absolute atomic E-state index is 11.2. The van der Waals surface area contributed by atoms with Crippen molar-refractivity contribution in [3.05, 3.63) is 11.1 Å². The van der Waals surface area contributed by atoms with E-state index in [0.29, 0.717) is 17.0 Å². The highest BCUT2D eigenvalue weighted by Gasteiger charge is 2.31. The molecule has 1 aromatic rings. The fraction of sp³-hybridized carbons (Fsp3) is 0.778. The molecule has 0 radical (unpaired) electrons. The minimum absolute atomic E-state index is 0.105. The second kappa shape index (κ2) is 4.22. The summed E-state index contributed by atoms with van der Waals surface area (Å²) in [7, 11) is -0.825. The standard InChI is InChI=1S/C9H14ClN3OS/c1-6(5-15(2)14)13-8(7-3-4-7)11-12-9(13)10/h6-7H,3-5H2,1-2H3. The zero-order valence-electron chi connectivity index (χ0n) is 8.81. The third-order valence-electron chi connectivity index (χ3n) is 2.54. The van der Waals surface area contributed by atoms with Crippen molar-refractivity contribution in [1.29, 1.82) is 0 Å². The van der Waals surface area contributed by atoms with Gasteiger partial charge in [0, 0.05) is 34.8 Å². The molecule has 1 saturated carbocycles. The molecule has 0 aromatic carbocycles. The molecule has 84 valence electrons. The Bertz CT molecular complexity index is 389. The highest BCUT2D eigenvalue weighted by molar-refractivity contribution is 7.84. The van der Waals surface area contributed by atoms with Crippen molar-refractivity contribution in [1.82, 2.24) is 14.8 Å². The van der Waals surface area contributed by atoms with Crippen LogP contribution in [0.3, 0.4) is 0 Å². The minimum Gasteiger partial charge on any atom is -0.298 e. The molecule has 1 aliphatic carbocycles. The molecule has 1 heterocycles. The van der Waals surface area contributed by atoms with Crippen molar-refractivity contribution in [2.24, 2.45) is 0 Å². The van der Waals surface area contributed by atoms with Crippen molar-refractivity contribution >= 4 is 22.4 Å². The van der Waals surface area contributed by atoms with E-state index >= 15 is 0 Å². The Labute approximate surface area is 96.5 Å². The van der Waals surface area contributed by atoms with E-state index in [2.05, 4.69) is 10.2 Å². The maximum atomic E-state index is 11.2. The van der Waals surface area contributed by atoms with E-state index < -0.39 is 10.8 Å². The first-order valence-electron chi connectivity index (χ1n) is 5.00. The van der Waals surface area contributed by atoms with Gasteiger partial charge in [0.25, 0.3) is 0 Å². The van der Waals surface area contributed by atoms with E-state index in [9.17, 15) is 4.21 Å². The largest absolute Gasteiger partial charge is 0.298 e. The third-order valence-corrected chi connectivity index (χ3v) is 3.75. The average Bonchev–Trinajstić information content (AvgIpc) is 2.89. The normalized spacial score (nSPS) is 20.2. The van der Waals surface area contributed by atoms with Crippen molar-refractivity contribution in [3.8, 4) is 0 Å². The Kier molecular flexibility index (Phi) is 3.11. The summed E-state index contributed by atoms with van der Waals surface area (Å²) in [5, 5.41) is 8.39. The summed E-state index contributed by atoms with van der Waals surface area (Å²) in [5.74, 6) is 2.06. The number of hydrogen-bond donors (Lipinski definition) is 0. The van der Waals surface area contributed by atoms with Gasteiger partial charge in [-0.05, 0) is 31.4 Å². The molecular formula is C9H14ClN3OS. The van der Waals surface area contributed by atoms with Gasteiger partial charge in [-0.2, -0.15) is 0 Å². The smallest absolute Gasteiger partial charge is 0.225 e. The fourth-order valence-electron chi connectivity index (χ4n) is 1.73. The summed E-state index contributed by atoms with van der Waals surface area (Å²) < 4.78 is 13.1. The highest BCUT2D eigenvalue weighted by Crippen LogP contribution is 2.40. The van der Waals surface area contributed by atoms with E-state index in [1.807, 2.05) is 11.5 Å². The Balaban J connectivity index is 2.24. The molecule has 0 spiro atoms. The van der Waals surface area contributed by atoms with Gasteiger partial charge in [-0.1, -0.05) is 0 Å². The molecule has 4 nitrogen and oxygen atoms in total. The predicted octanol–water partition coefficient (Wildman–Crippen LogP) is 1.75. The average molecular weight is 248 g/mol. The van der Waals surface area contributed by atoms with Gasteiger partial charge in [-0.15, -0.1) is 10.2 Å². The van der Waals surface area contributed by atoms with Crippen LogP contribution >= 0.6 is 11.6 Å². The van der Waals surface area contributed by atoms with Crippen molar-refractivity contribution in [2.75, 3.05) is 12.0 Å². The number of halogens is 1. The Morgan fingerprint density at radius 1 is 1.60 bits per heavy atom. The van der Waals surface area contributed by atoms with E-state index in [1.54, 1.807) is 6.26 Å². The van der Waals surface area contributed by atoms with Gasteiger partial charge < -0.3 is 0 Å². The van der Waals surface area contributed by atoms with E-state index in [1.165, 1.54) is 0 Å². The molecule has 0 aliphatic heterocycles. The van der Waals surface area contributed by atoms with Gasteiger partial charge in [0.2, 0.25) is 5.28 Å². The summed E-state index contributed by atoms with van der Waals surface area (Å²) in [6, 6.07) is 0.105. The Hall–Kier alpha value is -0.420. The first-order valence-corrected chi connectivity index (χ1v) is 7.10. The van der Waals surface area contributed by atoms with Gasteiger partial charge in [-0.3, -0.25) is 8.78 Å². The van der Waals surface area contributed by atoms with Crippen molar-refractivity contribution in [2.45, 2.75) is 31.7 Å². The zero-order valence-corrected chi connectivity index (χ0v) is 10.4. The van der Waals surface area contributed by atoms with Crippen LogP contribution in [-0.2, 0) is 10.8 Å². The number of nitrogens with zero attached hydrogens (tertiary/aromatic N) is 3. The molecule has 1 fully saturated rings. The van der Waals surface area contributed by atoms with Gasteiger partial charge in [0.15, 0.2) is 0 Å². The zero-order chi connectivity index (χ0) is 11.0. The molecule has 0 N–H and O–H groups in total. The molecule has 0 bridgehead atoms. The van der Waals surface area contributed by atoms with Crippen LogP contribution in [0.5, 0.6) is 0 Å². The van der Waals surface area contributed by atoms with E-state index in [-0.39, 0.29) is 6.04 Å². The van der Waals surface area contributed by atoms with Gasteiger partial charge in [0.1, 0.15) is 5.82 Å². The van der Waals surface area contributed by atoms with E-state index in [4.69, 9.17) is 11.6 Å². The third kappa shape index (κ3) is 2.39. The summed E-state index contributed by atoms with van der Waals surface area (Å²) >= 11 is 5.99. The van der Waals surface area contributed by atoms with Crippen LogP contribution in [-0.4, -0.2) is 31.0 Å². The van der Waals surface area contributed by atoms with Crippen LogP contribution in [0.1, 0.15) is 37.5 Å². The Morgan fingerprint density at radius 2 is 2.27 bits per heavy atom. The van der Waals surface area contributed by atoms with Gasteiger partial charge in [-0.25, -0.2) is 0 Å². The SMILES string of the molecule is CC(CS(C)=O)n1c(Cl)nnc1C1CC1. The number of rotatable bonds is 4. The number of aromatic nitrogens is 3. The van der Waals surface area contributed by atoms with Gasteiger partial charge >= 0.3 is 0 Å². The van der Waals surface area contributed by atoms with Crippen molar-refractivity contribution in [3.63, 3.8) is 0 Å². The fourth-order valence-corrected chi connectivity index (χ4v) is 2.84. The maximum Gasteiger partial charge on any atom is 0.225 e. The molecule has 1 aliphatic rings. The van der Waals surface area contributed by atoms with Crippen LogP contribution in [0.2, 0.25) is 5.28 Å². The first-order chi connectivity index (χ1) is 7.09. The van der Waals surface area contributed by atoms with Crippen molar-refractivity contribution < 1.29 is 4.21 Å². The second-order valence-electron chi connectivity index (χ2n) is 4.06.